The highest BCUT2D eigenvalue weighted by atomic mass is 35.5. The molecule has 5 heteroatoms. The first-order valence-corrected chi connectivity index (χ1v) is 6.79. The highest BCUT2D eigenvalue weighted by Crippen LogP contribution is 2.35. The minimum atomic E-state index is -0.160. The van der Waals surface area contributed by atoms with E-state index in [1.54, 1.807) is 0 Å². The van der Waals surface area contributed by atoms with E-state index in [0.29, 0.717) is 18.0 Å². The second-order valence-electron chi connectivity index (χ2n) is 4.69. The van der Waals surface area contributed by atoms with Gasteiger partial charge in [0, 0.05) is 12.1 Å². The highest BCUT2D eigenvalue weighted by molar-refractivity contribution is 6.37. The van der Waals surface area contributed by atoms with Crippen molar-refractivity contribution in [2.45, 2.75) is 32.1 Å². The summed E-state index contributed by atoms with van der Waals surface area (Å²) in [7, 11) is 0. The standard InChI is InChI=1S/C13H15Cl2NO2/c14-10-6-9(7-11(15)13(10)18)16-12(17)5-8-3-1-2-4-8/h6-8,18H,1-5H2,(H,16,17). The molecule has 1 aromatic rings. The molecule has 1 aromatic carbocycles. The van der Waals surface area contributed by atoms with E-state index in [1.807, 2.05) is 0 Å². The molecule has 0 saturated heterocycles. The SMILES string of the molecule is O=C(CC1CCCC1)Nc1cc(Cl)c(O)c(Cl)c1. The Kier molecular flexibility index (Phi) is 4.36. The molecule has 1 saturated carbocycles. The normalized spacial score (nSPS) is 15.9. The summed E-state index contributed by atoms with van der Waals surface area (Å²) < 4.78 is 0. The van der Waals surface area contributed by atoms with E-state index in [0.717, 1.165) is 12.8 Å². The van der Waals surface area contributed by atoms with E-state index < -0.39 is 0 Å². The molecule has 0 heterocycles. The molecule has 98 valence electrons. The molecule has 0 bridgehead atoms. The smallest absolute Gasteiger partial charge is 0.224 e. The number of hydrogen-bond donors (Lipinski definition) is 2. The van der Waals surface area contributed by atoms with Crippen LogP contribution in [0.25, 0.3) is 0 Å². The molecule has 0 spiro atoms. The maximum Gasteiger partial charge on any atom is 0.224 e. The first-order valence-electron chi connectivity index (χ1n) is 6.04. The zero-order chi connectivity index (χ0) is 13.1. The van der Waals surface area contributed by atoms with Crippen molar-refractivity contribution in [1.29, 1.82) is 0 Å². The lowest BCUT2D eigenvalue weighted by Crippen LogP contribution is -2.15. The number of aromatic hydroxyl groups is 1. The highest BCUT2D eigenvalue weighted by Gasteiger charge is 2.18. The van der Waals surface area contributed by atoms with Crippen LogP contribution in [0.3, 0.4) is 0 Å². The second kappa shape index (κ2) is 5.81. The fourth-order valence-electron chi connectivity index (χ4n) is 2.33. The maximum atomic E-state index is 11.8. The van der Waals surface area contributed by atoms with Gasteiger partial charge in [0.15, 0.2) is 5.75 Å². The summed E-state index contributed by atoms with van der Waals surface area (Å²) >= 11 is 11.6. The summed E-state index contributed by atoms with van der Waals surface area (Å²) in [5, 5.41) is 12.5. The Morgan fingerprint density at radius 1 is 1.28 bits per heavy atom. The molecule has 0 unspecified atom stereocenters. The average molecular weight is 288 g/mol. The van der Waals surface area contributed by atoms with Crippen LogP contribution in [-0.4, -0.2) is 11.0 Å². The van der Waals surface area contributed by atoms with Gasteiger partial charge < -0.3 is 10.4 Å². The third-order valence-electron chi connectivity index (χ3n) is 3.25. The van der Waals surface area contributed by atoms with E-state index in [4.69, 9.17) is 23.2 Å². The summed E-state index contributed by atoms with van der Waals surface area (Å²) in [6.45, 7) is 0. The molecule has 0 aliphatic heterocycles. The number of nitrogens with one attached hydrogen (secondary N) is 1. The molecule has 1 aliphatic carbocycles. The molecule has 1 fully saturated rings. The Morgan fingerprint density at radius 2 is 1.83 bits per heavy atom. The molecular weight excluding hydrogens is 273 g/mol. The van der Waals surface area contributed by atoms with Crippen molar-refractivity contribution in [3.8, 4) is 5.75 Å². The molecule has 3 nitrogen and oxygen atoms in total. The number of halogens is 2. The molecule has 18 heavy (non-hydrogen) atoms. The monoisotopic (exact) mass is 287 g/mol. The zero-order valence-corrected chi connectivity index (χ0v) is 11.4. The number of phenols is 1. The summed E-state index contributed by atoms with van der Waals surface area (Å²) in [5.41, 5.74) is 0.519. The predicted octanol–water partition coefficient (Wildman–Crippen LogP) is 4.22. The molecule has 2 N–H and O–H groups in total. The largest absolute Gasteiger partial charge is 0.505 e. The van der Waals surface area contributed by atoms with Crippen LogP contribution in [0.4, 0.5) is 5.69 Å². The van der Waals surface area contributed by atoms with E-state index in [1.165, 1.54) is 25.0 Å². The Bertz CT molecular complexity index is 433. The average Bonchev–Trinajstić information content (AvgIpc) is 2.78. The molecule has 0 aromatic heterocycles. The van der Waals surface area contributed by atoms with Gasteiger partial charge in [0.05, 0.1) is 10.0 Å². The Labute approximate surface area is 116 Å². The zero-order valence-electron chi connectivity index (χ0n) is 9.88. The van der Waals surface area contributed by atoms with Gasteiger partial charge in [-0.25, -0.2) is 0 Å². The van der Waals surface area contributed by atoms with Crippen molar-refractivity contribution in [1.82, 2.24) is 0 Å². The van der Waals surface area contributed by atoms with Gasteiger partial charge in [-0.1, -0.05) is 36.0 Å². The number of carbonyl (C=O) groups excluding carboxylic acids is 1. The lowest BCUT2D eigenvalue weighted by Gasteiger charge is -2.10. The van der Waals surface area contributed by atoms with Gasteiger partial charge in [0.2, 0.25) is 5.91 Å². The van der Waals surface area contributed by atoms with Gasteiger partial charge in [-0.2, -0.15) is 0 Å². The molecule has 1 amide bonds. The fraction of sp³-hybridized carbons (Fsp3) is 0.462. The molecule has 0 atom stereocenters. The first kappa shape index (κ1) is 13.5. The van der Waals surface area contributed by atoms with E-state index in [2.05, 4.69) is 5.32 Å². The lowest BCUT2D eigenvalue weighted by atomic mass is 10.0. The third kappa shape index (κ3) is 3.30. The van der Waals surface area contributed by atoms with Crippen LogP contribution in [0.1, 0.15) is 32.1 Å². The van der Waals surface area contributed by atoms with Gasteiger partial charge >= 0.3 is 0 Å². The van der Waals surface area contributed by atoms with E-state index in [9.17, 15) is 9.90 Å². The number of benzene rings is 1. The topological polar surface area (TPSA) is 49.3 Å². The van der Waals surface area contributed by atoms with Crippen LogP contribution in [-0.2, 0) is 4.79 Å². The molecule has 2 rings (SSSR count). The van der Waals surface area contributed by atoms with Crippen molar-refractivity contribution >= 4 is 34.8 Å². The Balaban J connectivity index is 1.98. The second-order valence-corrected chi connectivity index (χ2v) is 5.51. The minimum Gasteiger partial charge on any atom is -0.505 e. The van der Waals surface area contributed by atoms with Crippen LogP contribution in [0.15, 0.2) is 12.1 Å². The Hall–Kier alpha value is -0.930. The number of hydrogen-bond acceptors (Lipinski definition) is 2. The quantitative estimate of drug-likeness (QED) is 0.818. The van der Waals surface area contributed by atoms with Crippen LogP contribution >= 0.6 is 23.2 Å². The van der Waals surface area contributed by atoms with Crippen LogP contribution in [0, 0.1) is 5.92 Å². The first-order chi connectivity index (χ1) is 8.56. The summed E-state index contributed by atoms with van der Waals surface area (Å²) in [6.07, 6.45) is 5.23. The number of carbonyl (C=O) groups is 1. The minimum absolute atomic E-state index is 0.0280. The Morgan fingerprint density at radius 3 is 2.39 bits per heavy atom. The summed E-state index contributed by atoms with van der Waals surface area (Å²) in [6, 6.07) is 2.99. The lowest BCUT2D eigenvalue weighted by molar-refractivity contribution is -0.117. The number of anilines is 1. The summed E-state index contributed by atoms with van der Waals surface area (Å²) in [4.78, 5) is 11.8. The van der Waals surface area contributed by atoms with Gasteiger partial charge in [0.25, 0.3) is 0 Å². The fourth-order valence-corrected chi connectivity index (χ4v) is 2.81. The predicted molar refractivity (Wildman–Crippen MR) is 73.3 cm³/mol. The van der Waals surface area contributed by atoms with Crippen molar-refractivity contribution < 1.29 is 9.90 Å². The maximum absolute atomic E-state index is 11.8. The van der Waals surface area contributed by atoms with Gasteiger partial charge in [-0.3, -0.25) is 4.79 Å². The van der Waals surface area contributed by atoms with Crippen LogP contribution in [0.2, 0.25) is 10.0 Å². The molecule has 1 aliphatic rings. The van der Waals surface area contributed by atoms with E-state index in [-0.39, 0.29) is 21.7 Å². The van der Waals surface area contributed by atoms with Crippen LogP contribution in [0.5, 0.6) is 5.75 Å². The van der Waals surface area contributed by atoms with Crippen molar-refractivity contribution in [3.63, 3.8) is 0 Å². The number of amides is 1. The third-order valence-corrected chi connectivity index (χ3v) is 3.83. The van der Waals surface area contributed by atoms with Gasteiger partial charge in [0.1, 0.15) is 0 Å². The van der Waals surface area contributed by atoms with Crippen molar-refractivity contribution in [2.24, 2.45) is 5.92 Å². The van der Waals surface area contributed by atoms with Crippen molar-refractivity contribution in [3.05, 3.63) is 22.2 Å². The number of rotatable bonds is 3. The number of phenolic OH excluding ortho intramolecular Hbond substituents is 1. The van der Waals surface area contributed by atoms with Crippen LogP contribution < -0.4 is 5.32 Å². The molecule has 0 radical (unpaired) electrons. The van der Waals surface area contributed by atoms with Gasteiger partial charge in [-0.15, -0.1) is 0 Å². The molecular formula is C13H15Cl2NO2. The van der Waals surface area contributed by atoms with Crippen molar-refractivity contribution in [2.75, 3.05) is 5.32 Å². The van der Waals surface area contributed by atoms with Gasteiger partial charge in [-0.05, 0) is 30.9 Å². The van der Waals surface area contributed by atoms with E-state index >= 15 is 0 Å². The summed E-state index contributed by atoms with van der Waals surface area (Å²) in [5.74, 6) is 0.305.